The van der Waals surface area contributed by atoms with Crippen LogP contribution in [0.15, 0.2) is 23.2 Å². The number of nitrogens with zero attached hydrogens (tertiary/aromatic N) is 2. The highest BCUT2D eigenvalue weighted by molar-refractivity contribution is 7.89. The Morgan fingerprint density at radius 3 is 2.53 bits per heavy atom. The maximum Gasteiger partial charge on any atom is 0.239 e. The van der Waals surface area contributed by atoms with Gasteiger partial charge in [0.1, 0.15) is 10.7 Å². The molecule has 0 unspecified atom stereocenters. The number of hydrogen-bond acceptors (Lipinski definition) is 5. The molecule has 106 valence electrons. The molecule has 0 radical (unpaired) electrons. The Kier molecular flexibility index (Phi) is 4.38. The predicted molar refractivity (Wildman–Crippen MR) is 74.3 cm³/mol. The molecule has 0 aliphatic heterocycles. The highest BCUT2D eigenvalue weighted by Crippen LogP contribution is 2.28. The summed E-state index contributed by atoms with van der Waals surface area (Å²) >= 11 is 0. The lowest BCUT2D eigenvalue weighted by Gasteiger charge is -2.38. The van der Waals surface area contributed by atoms with Crippen molar-refractivity contribution in [2.45, 2.75) is 36.6 Å². The number of sulfonamides is 1. The monoisotopic (exact) mass is 284 g/mol. The third-order valence-electron chi connectivity index (χ3n) is 3.46. The van der Waals surface area contributed by atoms with Crippen LogP contribution in [-0.2, 0) is 10.0 Å². The van der Waals surface area contributed by atoms with Crippen molar-refractivity contribution < 1.29 is 8.42 Å². The van der Waals surface area contributed by atoms with Crippen LogP contribution in [-0.4, -0.2) is 32.5 Å². The molecule has 19 heavy (non-hydrogen) atoms. The van der Waals surface area contributed by atoms with E-state index in [2.05, 4.69) is 9.88 Å². The van der Waals surface area contributed by atoms with Gasteiger partial charge in [-0.1, -0.05) is 0 Å². The van der Waals surface area contributed by atoms with E-state index in [0.717, 1.165) is 31.6 Å². The largest absolute Gasteiger partial charge is 0.354 e. The Hall–Kier alpha value is -1.18. The predicted octanol–water partition coefficient (Wildman–Crippen LogP) is 0.437. The molecule has 0 atom stereocenters. The highest BCUT2D eigenvalue weighted by atomic mass is 32.2. The number of pyridine rings is 1. The SMILES string of the molecule is NCCCN(c1ccc(S(N)(=O)=O)cn1)C1CCC1. The highest BCUT2D eigenvalue weighted by Gasteiger charge is 2.25. The van der Waals surface area contributed by atoms with Gasteiger partial charge in [-0.25, -0.2) is 18.5 Å². The van der Waals surface area contributed by atoms with E-state index < -0.39 is 10.0 Å². The molecule has 0 spiro atoms. The van der Waals surface area contributed by atoms with Crippen LogP contribution in [0.5, 0.6) is 0 Å². The van der Waals surface area contributed by atoms with Crippen LogP contribution in [0.3, 0.4) is 0 Å². The molecule has 0 aromatic carbocycles. The van der Waals surface area contributed by atoms with Crippen molar-refractivity contribution in [1.82, 2.24) is 4.98 Å². The van der Waals surface area contributed by atoms with Gasteiger partial charge in [-0.2, -0.15) is 0 Å². The number of anilines is 1. The fourth-order valence-corrected chi connectivity index (χ4v) is 2.61. The molecular weight excluding hydrogens is 264 g/mol. The molecule has 1 aromatic heterocycles. The first-order valence-corrected chi connectivity index (χ1v) is 8.02. The lowest BCUT2D eigenvalue weighted by molar-refractivity contribution is 0.382. The normalized spacial score (nSPS) is 16.1. The minimum atomic E-state index is -3.68. The van der Waals surface area contributed by atoms with Crippen molar-refractivity contribution in [3.05, 3.63) is 18.3 Å². The summed E-state index contributed by atoms with van der Waals surface area (Å²) in [4.78, 5) is 6.48. The Balaban J connectivity index is 2.16. The first-order chi connectivity index (χ1) is 9.02. The summed E-state index contributed by atoms with van der Waals surface area (Å²) in [5.74, 6) is 0.797. The summed E-state index contributed by atoms with van der Waals surface area (Å²) in [6.45, 7) is 1.49. The van der Waals surface area contributed by atoms with E-state index in [1.807, 2.05) is 0 Å². The first-order valence-electron chi connectivity index (χ1n) is 6.48. The number of hydrogen-bond donors (Lipinski definition) is 2. The molecule has 1 aliphatic rings. The van der Waals surface area contributed by atoms with Gasteiger partial charge in [0.05, 0.1) is 0 Å². The van der Waals surface area contributed by atoms with Crippen LogP contribution in [0.25, 0.3) is 0 Å². The van der Waals surface area contributed by atoms with Crippen molar-refractivity contribution >= 4 is 15.8 Å². The smallest absolute Gasteiger partial charge is 0.239 e. The van der Waals surface area contributed by atoms with Crippen molar-refractivity contribution in [1.29, 1.82) is 0 Å². The summed E-state index contributed by atoms with van der Waals surface area (Å²) in [5, 5.41) is 5.06. The fourth-order valence-electron chi connectivity index (χ4n) is 2.15. The third kappa shape index (κ3) is 3.43. The lowest BCUT2D eigenvalue weighted by Crippen LogP contribution is -2.41. The van der Waals surface area contributed by atoms with Gasteiger partial charge < -0.3 is 10.6 Å². The van der Waals surface area contributed by atoms with Gasteiger partial charge in [0.25, 0.3) is 0 Å². The van der Waals surface area contributed by atoms with Crippen molar-refractivity contribution in [2.24, 2.45) is 10.9 Å². The van der Waals surface area contributed by atoms with Crippen molar-refractivity contribution in [3.63, 3.8) is 0 Å². The lowest BCUT2D eigenvalue weighted by atomic mass is 9.91. The van der Waals surface area contributed by atoms with Crippen LogP contribution >= 0.6 is 0 Å². The van der Waals surface area contributed by atoms with Crippen molar-refractivity contribution in [2.75, 3.05) is 18.0 Å². The van der Waals surface area contributed by atoms with E-state index in [4.69, 9.17) is 10.9 Å². The Bertz CT molecular complexity index is 511. The van der Waals surface area contributed by atoms with Gasteiger partial charge in [-0.05, 0) is 44.4 Å². The van der Waals surface area contributed by atoms with Gasteiger partial charge in [-0.3, -0.25) is 0 Å². The maximum atomic E-state index is 11.2. The molecular formula is C12H20N4O2S. The first kappa shape index (κ1) is 14.2. The molecule has 0 bridgehead atoms. The zero-order valence-corrected chi connectivity index (χ0v) is 11.6. The molecule has 1 fully saturated rings. The molecule has 7 heteroatoms. The van der Waals surface area contributed by atoms with E-state index >= 15 is 0 Å². The average molecular weight is 284 g/mol. The van der Waals surface area contributed by atoms with Gasteiger partial charge in [-0.15, -0.1) is 0 Å². The zero-order valence-electron chi connectivity index (χ0n) is 10.8. The summed E-state index contributed by atoms with van der Waals surface area (Å²) < 4.78 is 22.4. The van der Waals surface area contributed by atoms with E-state index in [-0.39, 0.29) is 4.90 Å². The van der Waals surface area contributed by atoms with Crippen LogP contribution in [0.2, 0.25) is 0 Å². The minimum absolute atomic E-state index is 0.0450. The Morgan fingerprint density at radius 1 is 1.37 bits per heavy atom. The number of primary sulfonamides is 1. The van der Waals surface area contributed by atoms with Gasteiger partial charge in [0, 0.05) is 18.8 Å². The molecule has 1 aromatic rings. The number of aromatic nitrogens is 1. The molecule has 1 aliphatic carbocycles. The molecule has 1 heterocycles. The van der Waals surface area contributed by atoms with Crippen LogP contribution in [0.1, 0.15) is 25.7 Å². The second-order valence-corrected chi connectivity index (χ2v) is 6.38. The molecule has 6 nitrogen and oxygen atoms in total. The summed E-state index contributed by atoms with van der Waals surface area (Å²) in [6, 6.07) is 3.72. The van der Waals surface area contributed by atoms with Gasteiger partial charge >= 0.3 is 0 Å². The van der Waals surface area contributed by atoms with E-state index in [1.54, 1.807) is 6.07 Å². The van der Waals surface area contributed by atoms with Crippen LogP contribution in [0, 0.1) is 0 Å². The molecule has 0 amide bonds. The van der Waals surface area contributed by atoms with Gasteiger partial charge in [0.2, 0.25) is 10.0 Å². The standard InChI is InChI=1S/C12H20N4O2S/c13-7-2-8-16(10-3-1-4-10)12-6-5-11(9-15-12)19(14,17)18/h5-6,9-10H,1-4,7-8,13H2,(H2,14,17,18). The average Bonchev–Trinajstić information content (AvgIpc) is 2.31. The molecule has 1 saturated carbocycles. The zero-order chi connectivity index (χ0) is 13.9. The molecule has 0 saturated heterocycles. The quantitative estimate of drug-likeness (QED) is 0.789. The molecule has 2 rings (SSSR count). The number of nitrogens with two attached hydrogens (primary N) is 2. The summed E-state index contributed by atoms with van der Waals surface area (Å²) in [6.07, 6.45) is 5.76. The van der Waals surface area contributed by atoms with Crippen LogP contribution in [0.4, 0.5) is 5.82 Å². The van der Waals surface area contributed by atoms with E-state index in [1.165, 1.54) is 18.7 Å². The Morgan fingerprint density at radius 2 is 2.11 bits per heavy atom. The van der Waals surface area contributed by atoms with Gasteiger partial charge in [0.15, 0.2) is 0 Å². The van der Waals surface area contributed by atoms with E-state index in [0.29, 0.717) is 12.6 Å². The third-order valence-corrected chi connectivity index (χ3v) is 4.36. The summed E-state index contributed by atoms with van der Waals surface area (Å²) in [5.41, 5.74) is 5.55. The molecule has 4 N–H and O–H groups in total. The summed E-state index contributed by atoms with van der Waals surface area (Å²) in [7, 11) is -3.68. The van der Waals surface area contributed by atoms with E-state index in [9.17, 15) is 8.42 Å². The van der Waals surface area contributed by atoms with Crippen molar-refractivity contribution in [3.8, 4) is 0 Å². The maximum absolute atomic E-state index is 11.2. The fraction of sp³-hybridized carbons (Fsp3) is 0.583. The second-order valence-electron chi connectivity index (χ2n) is 4.82. The van der Waals surface area contributed by atoms with Crippen LogP contribution < -0.4 is 15.8 Å². The topological polar surface area (TPSA) is 102 Å². The minimum Gasteiger partial charge on any atom is -0.354 e. The number of rotatable bonds is 6. The Labute approximate surface area is 113 Å². The second kappa shape index (κ2) is 5.85.